The molecular weight excluding hydrogens is 641 g/mol. The van der Waals surface area contributed by atoms with Crippen LogP contribution in [0.25, 0.3) is 11.5 Å². The van der Waals surface area contributed by atoms with Gasteiger partial charge in [-0.2, -0.15) is 4.98 Å². The molecule has 2 aliphatic heterocycles. The van der Waals surface area contributed by atoms with Gasteiger partial charge >= 0.3 is 0 Å². The van der Waals surface area contributed by atoms with E-state index < -0.39 is 7.26 Å². The van der Waals surface area contributed by atoms with E-state index in [-0.39, 0.29) is 11.5 Å². The first-order valence-corrected chi connectivity index (χ1v) is 18.0. The second kappa shape index (κ2) is 11.6. The molecule has 0 spiro atoms. The fourth-order valence-electron chi connectivity index (χ4n) is 7.28. The van der Waals surface area contributed by atoms with Crippen LogP contribution in [0.1, 0.15) is 18.0 Å². The standard InChI is InChI=1S/C38H32BrN3O2P/c39-30-21-19-28(20-22-30)36-40-37(38(44-36)41-24-27-23-29(26-41)34-17-10-18-35(43)42(34)25-27)45(31-11-4-1-5-12-31,32-13-6-2-7-14-32)33-15-8-3-9-16-33/h1-22,27,29H,23-26H2/q+1/t27-,29-/m1/s1. The van der Waals surface area contributed by atoms with Crippen molar-refractivity contribution in [1.82, 2.24) is 9.55 Å². The molecule has 0 radical (unpaired) electrons. The molecule has 0 aliphatic carbocycles. The molecular formula is C38H32BrN3O2P+. The molecule has 0 amide bonds. The normalized spacial score (nSPS) is 17.6. The Morgan fingerprint density at radius 3 is 1.89 bits per heavy atom. The van der Waals surface area contributed by atoms with Crippen LogP contribution in [0.2, 0.25) is 0 Å². The smallest absolute Gasteiger partial charge is 0.262 e. The van der Waals surface area contributed by atoms with Gasteiger partial charge < -0.3 is 13.9 Å². The van der Waals surface area contributed by atoms with Gasteiger partial charge in [0.05, 0.1) is 0 Å². The van der Waals surface area contributed by atoms with Gasteiger partial charge in [-0.05, 0) is 79.1 Å². The molecule has 4 heterocycles. The summed E-state index contributed by atoms with van der Waals surface area (Å²) in [5.41, 5.74) is 3.13. The van der Waals surface area contributed by atoms with Crippen molar-refractivity contribution < 1.29 is 4.42 Å². The summed E-state index contributed by atoms with van der Waals surface area (Å²) in [6.07, 6.45) is 1.07. The summed E-state index contributed by atoms with van der Waals surface area (Å²) in [5, 5.41) is 3.69. The van der Waals surface area contributed by atoms with Gasteiger partial charge in [-0.1, -0.05) is 76.6 Å². The largest absolute Gasteiger partial charge is 0.416 e. The van der Waals surface area contributed by atoms with Gasteiger partial charge in [-0.25, -0.2) is 0 Å². The number of piperidine rings is 1. The van der Waals surface area contributed by atoms with Crippen LogP contribution in [0.5, 0.6) is 0 Å². The van der Waals surface area contributed by atoms with Crippen LogP contribution in [0, 0.1) is 5.92 Å². The topological polar surface area (TPSA) is 51.3 Å². The lowest BCUT2D eigenvalue weighted by atomic mass is 9.83. The molecule has 2 aliphatic rings. The number of anilines is 1. The highest BCUT2D eigenvalue weighted by atomic mass is 79.9. The number of aromatic nitrogens is 2. The summed E-state index contributed by atoms with van der Waals surface area (Å²) in [5.74, 6) is 2.02. The predicted molar refractivity (Wildman–Crippen MR) is 188 cm³/mol. The molecule has 0 unspecified atom stereocenters. The lowest BCUT2D eigenvalue weighted by Gasteiger charge is -2.42. The maximum Gasteiger partial charge on any atom is 0.262 e. The van der Waals surface area contributed by atoms with Gasteiger partial charge in [0.25, 0.3) is 16.9 Å². The number of benzene rings is 4. The predicted octanol–water partition coefficient (Wildman–Crippen LogP) is 6.51. The second-order valence-corrected chi connectivity index (χ2v) is 16.2. The molecule has 5 nitrogen and oxygen atoms in total. The number of hydrogen-bond donors (Lipinski definition) is 0. The Morgan fingerprint density at radius 1 is 0.689 bits per heavy atom. The minimum Gasteiger partial charge on any atom is -0.416 e. The van der Waals surface area contributed by atoms with E-state index in [0.717, 1.165) is 53.1 Å². The van der Waals surface area contributed by atoms with E-state index in [1.54, 1.807) is 6.07 Å². The maximum absolute atomic E-state index is 12.8. The number of rotatable bonds is 6. The third-order valence-corrected chi connectivity index (χ3v) is 13.9. The van der Waals surface area contributed by atoms with Crippen molar-refractivity contribution in [2.45, 2.75) is 18.9 Å². The molecule has 0 N–H and O–H groups in total. The van der Waals surface area contributed by atoms with E-state index >= 15 is 0 Å². The van der Waals surface area contributed by atoms with Crippen molar-refractivity contribution in [3.63, 3.8) is 0 Å². The van der Waals surface area contributed by atoms with Crippen LogP contribution in [0.15, 0.2) is 147 Å². The number of pyridine rings is 1. The number of fused-ring (bicyclic) bond motifs is 4. The van der Waals surface area contributed by atoms with E-state index in [9.17, 15) is 4.79 Å². The Morgan fingerprint density at radius 2 is 1.29 bits per heavy atom. The van der Waals surface area contributed by atoms with Gasteiger partial charge in [0.15, 0.2) is 7.26 Å². The van der Waals surface area contributed by atoms with E-state index in [2.05, 4.69) is 130 Å². The van der Waals surface area contributed by atoms with Gasteiger partial charge in [-0.15, -0.1) is 0 Å². The number of hydrogen-bond acceptors (Lipinski definition) is 4. The maximum atomic E-state index is 12.8. The minimum atomic E-state index is -2.53. The molecule has 2 aromatic heterocycles. The van der Waals surface area contributed by atoms with Crippen LogP contribution >= 0.6 is 23.2 Å². The van der Waals surface area contributed by atoms with Crippen molar-refractivity contribution in [2.75, 3.05) is 18.0 Å². The zero-order valence-electron chi connectivity index (χ0n) is 24.7. The molecule has 8 rings (SSSR count). The van der Waals surface area contributed by atoms with E-state index in [1.807, 2.05) is 22.8 Å². The summed E-state index contributed by atoms with van der Waals surface area (Å²) in [6.45, 7) is 2.29. The summed E-state index contributed by atoms with van der Waals surface area (Å²) in [4.78, 5) is 20.7. The highest BCUT2D eigenvalue weighted by molar-refractivity contribution is 9.10. The molecule has 4 aromatic carbocycles. The van der Waals surface area contributed by atoms with E-state index in [1.165, 1.54) is 15.9 Å². The summed E-state index contributed by atoms with van der Waals surface area (Å²) < 4.78 is 9.98. The molecule has 2 atom stereocenters. The fraction of sp³-hybridized carbons (Fsp3) is 0.158. The Kier molecular flexibility index (Phi) is 7.28. The first kappa shape index (κ1) is 28.2. The van der Waals surface area contributed by atoms with Gasteiger partial charge in [0, 0.05) is 47.3 Å². The van der Waals surface area contributed by atoms with Crippen LogP contribution < -0.4 is 31.8 Å². The Bertz CT molecular complexity index is 1910. The van der Waals surface area contributed by atoms with Gasteiger partial charge in [0.2, 0.25) is 5.89 Å². The van der Waals surface area contributed by atoms with Crippen molar-refractivity contribution in [1.29, 1.82) is 0 Å². The van der Waals surface area contributed by atoms with Crippen LogP contribution in [0.3, 0.4) is 0 Å². The molecule has 0 saturated carbocycles. The monoisotopic (exact) mass is 672 g/mol. The van der Waals surface area contributed by atoms with Gasteiger partial charge in [-0.3, -0.25) is 4.79 Å². The van der Waals surface area contributed by atoms with Gasteiger partial charge in [0.1, 0.15) is 15.9 Å². The molecule has 45 heavy (non-hydrogen) atoms. The molecule has 1 fully saturated rings. The lowest BCUT2D eigenvalue weighted by Crippen LogP contribution is -2.49. The Balaban J connectivity index is 1.39. The second-order valence-electron chi connectivity index (χ2n) is 11.9. The van der Waals surface area contributed by atoms with E-state index in [4.69, 9.17) is 9.40 Å². The zero-order chi connectivity index (χ0) is 30.4. The zero-order valence-corrected chi connectivity index (χ0v) is 27.1. The van der Waals surface area contributed by atoms with Crippen LogP contribution in [-0.2, 0) is 6.54 Å². The summed E-state index contributed by atoms with van der Waals surface area (Å²) in [6, 6.07) is 46.4. The number of halogens is 1. The minimum absolute atomic E-state index is 0.0932. The van der Waals surface area contributed by atoms with Crippen molar-refractivity contribution >= 4 is 50.4 Å². The number of oxazole rings is 1. The third kappa shape index (κ3) is 4.88. The van der Waals surface area contributed by atoms with Crippen LogP contribution in [0.4, 0.5) is 5.88 Å². The highest BCUT2D eigenvalue weighted by Crippen LogP contribution is 2.56. The molecule has 7 heteroatoms. The molecule has 1 saturated heterocycles. The third-order valence-electron chi connectivity index (χ3n) is 9.20. The first-order chi connectivity index (χ1) is 22.1. The average molecular weight is 674 g/mol. The first-order valence-electron chi connectivity index (χ1n) is 15.4. The van der Waals surface area contributed by atoms with Crippen molar-refractivity contribution in [3.05, 3.63) is 154 Å². The molecule has 6 aromatic rings. The lowest BCUT2D eigenvalue weighted by molar-refractivity contribution is 0.275. The Hall–Kier alpha value is -4.25. The highest BCUT2D eigenvalue weighted by Gasteiger charge is 2.54. The Labute approximate surface area is 271 Å². The van der Waals surface area contributed by atoms with E-state index in [0.29, 0.717) is 11.8 Å². The number of nitrogens with zero attached hydrogens (tertiary/aromatic N) is 3. The van der Waals surface area contributed by atoms with Crippen molar-refractivity contribution in [2.24, 2.45) is 5.92 Å². The quantitative estimate of drug-likeness (QED) is 0.189. The summed E-state index contributed by atoms with van der Waals surface area (Å²) >= 11 is 3.59. The fourth-order valence-corrected chi connectivity index (χ4v) is 11.7. The molecule has 2 bridgehead atoms. The van der Waals surface area contributed by atoms with Crippen molar-refractivity contribution in [3.8, 4) is 11.5 Å². The average Bonchev–Trinajstić information content (AvgIpc) is 3.53. The van der Waals surface area contributed by atoms with Crippen LogP contribution in [-0.4, -0.2) is 22.6 Å². The SMILES string of the molecule is O=c1cccc2n1C[C@@H]1C[C@@H]2CN(c2oc(-c3ccc(Br)cc3)nc2[P+](c2ccccc2)(c2ccccc2)c2ccccc2)C1. The molecule has 222 valence electrons. The summed E-state index contributed by atoms with van der Waals surface area (Å²) in [7, 11) is -2.53.